The standard InChI is InChI=1S/C14H16N6O2S2/c1-19-13(21)9-8-15-14(23-2)17-12(9)20(19)11-7-5-6-10(16-11)18-24(3,4)22/h5-8H,1-4H3. The van der Waals surface area contributed by atoms with Crippen LogP contribution < -0.4 is 5.56 Å². The minimum absolute atomic E-state index is 0.212. The third-order valence-electron chi connectivity index (χ3n) is 3.20. The molecule has 3 aromatic heterocycles. The molecule has 0 aliphatic carbocycles. The van der Waals surface area contributed by atoms with Crippen molar-refractivity contribution in [1.82, 2.24) is 24.3 Å². The van der Waals surface area contributed by atoms with E-state index in [1.165, 1.54) is 22.6 Å². The average molecular weight is 364 g/mol. The van der Waals surface area contributed by atoms with E-state index in [0.29, 0.717) is 27.8 Å². The van der Waals surface area contributed by atoms with Crippen LogP contribution in [0, 0.1) is 0 Å². The molecule has 0 bridgehead atoms. The highest BCUT2D eigenvalue weighted by Gasteiger charge is 2.16. The van der Waals surface area contributed by atoms with Crippen LogP contribution in [-0.2, 0) is 16.8 Å². The second-order valence-corrected chi connectivity index (χ2v) is 8.68. The van der Waals surface area contributed by atoms with Crippen molar-refractivity contribution in [3.05, 3.63) is 34.7 Å². The van der Waals surface area contributed by atoms with Crippen molar-refractivity contribution < 1.29 is 4.21 Å². The van der Waals surface area contributed by atoms with Crippen molar-refractivity contribution in [1.29, 1.82) is 0 Å². The Labute approximate surface area is 143 Å². The van der Waals surface area contributed by atoms with Crippen LogP contribution in [0.4, 0.5) is 5.82 Å². The summed E-state index contributed by atoms with van der Waals surface area (Å²) in [7, 11) is -0.692. The highest BCUT2D eigenvalue weighted by atomic mass is 32.2. The second kappa shape index (κ2) is 6.02. The van der Waals surface area contributed by atoms with Crippen molar-refractivity contribution in [2.45, 2.75) is 5.16 Å². The van der Waals surface area contributed by atoms with Crippen LogP contribution in [-0.4, -0.2) is 47.3 Å². The zero-order valence-corrected chi connectivity index (χ0v) is 15.3. The monoisotopic (exact) mass is 364 g/mol. The first-order valence-electron chi connectivity index (χ1n) is 6.93. The predicted octanol–water partition coefficient (Wildman–Crippen LogP) is 1.60. The van der Waals surface area contributed by atoms with Gasteiger partial charge in [-0.05, 0) is 18.4 Å². The van der Waals surface area contributed by atoms with Gasteiger partial charge in [0.25, 0.3) is 5.56 Å². The van der Waals surface area contributed by atoms with Gasteiger partial charge >= 0.3 is 0 Å². The van der Waals surface area contributed by atoms with Crippen molar-refractivity contribution in [3.8, 4) is 5.82 Å². The quantitative estimate of drug-likeness (QED) is 0.517. The lowest BCUT2D eigenvalue weighted by Gasteiger charge is -2.08. The van der Waals surface area contributed by atoms with Crippen LogP contribution in [0.3, 0.4) is 0 Å². The number of aromatic nitrogens is 5. The molecule has 0 aliphatic heterocycles. The number of hydrogen-bond donors (Lipinski definition) is 0. The summed E-state index contributed by atoms with van der Waals surface area (Å²) in [6.07, 6.45) is 6.47. The van der Waals surface area contributed by atoms with Gasteiger partial charge in [-0.2, -0.15) is 4.36 Å². The third-order valence-corrected chi connectivity index (χ3v) is 4.39. The van der Waals surface area contributed by atoms with Crippen LogP contribution in [0.5, 0.6) is 0 Å². The lowest BCUT2D eigenvalue weighted by Crippen LogP contribution is -2.18. The van der Waals surface area contributed by atoms with Gasteiger partial charge in [0.2, 0.25) is 0 Å². The first kappa shape index (κ1) is 16.7. The van der Waals surface area contributed by atoms with E-state index in [-0.39, 0.29) is 5.56 Å². The van der Waals surface area contributed by atoms with E-state index in [1.807, 2.05) is 6.26 Å². The topological polar surface area (TPSA) is 95.0 Å². The maximum absolute atomic E-state index is 12.4. The molecule has 0 aromatic carbocycles. The zero-order valence-electron chi connectivity index (χ0n) is 13.6. The lowest BCUT2D eigenvalue weighted by molar-refractivity contribution is 0.639. The SMILES string of the molecule is CSc1ncc2c(=O)n(C)n(-c3cccc(N=S(C)(C)=O)n3)c2n1. The molecule has 10 heteroatoms. The predicted molar refractivity (Wildman–Crippen MR) is 95.8 cm³/mol. The molecule has 24 heavy (non-hydrogen) atoms. The summed E-state index contributed by atoms with van der Waals surface area (Å²) >= 11 is 1.39. The Kier molecular flexibility index (Phi) is 4.18. The molecule has 126 valence electrons. The normalized spacial score (nSPS) is 11.8. The minimum Gasteiger partial charge on any atom is -0.267 e. The summed E-state index contributed by atoms with van der Waals surface area (Å²) in [6, 6.07) is 5.16. The van der Waals surface area contributed by atoms with Gasteiger partial charge in [0.15, 0.2) is 22.4 Å². The summed E-state index contributed by atoms with van der Waals surface area (Å²) in [5.41, 5.74) is 0.261. The van der Waals surface area contributed by atoms with Gasteiger partial charge in [-0.15, -0.1) is 0 Å². The van der Waals surface area contributed by atoms with Gasteiger partial charge in [-0.1, -0.05) is 17.8 Å². The summed E-state index contributed by atoms with van der Waals surface area (Å²) in [6.45, 7) is 0. The first-order valence-corrected chi connectivity index (χ1v) is 10.5. The molecule has 0 fully saturated rings. The molecule has 0 N–H and O–H groups in total. The fourth-order valence-electron chi connectivity index (χ4n) is 2.24. The molecule has 3 aromatic rings. The van der Waals surface area contributed by atoms with Crippen molar-refractivity contribution >= 4 is 38.3 Å². The van der Waals surface area contributed by atoms with Crippen LogP contribution in [0.1, 0.15) is 0 Å². The van der Waals surface area contributed by atoms with Crippen molar-refractivity contribution in [3.63, 3.8) is 0 Å². The number of thioether (sulfide) groups is 1. The Morgan fingerprint density at radius 3 is 2.67 bits per heavy atom. The fourth-order valence-corrected chi connectivity index (χ4v) is 3.13. The number of nitrogens with zero attached hydrogens (tertiary/aromatic N) is 6. The Bertz CT molecular complexity index is 1100. The van der Waals surface area contributed by atoms with Gasteiger partial charge in [0.1, 0.15) is 5.39 Å². The van der Waals surface area contributed by atoms with Gasteiger partial charge in [-0.3, -0.25) is 4.79 Å². The van der Waals surface area contributed by atoms with Crippen LogP contribution in [0.15, 0.2) is 38.7 Å². The molecule has 0 unspecified atom stereocenters. The van der Waals surface area contributed by atoms with E-state index in [2.05, 4.69) is 19.3 Å². The van der Waals surface area contributed by atoms with Crippen LogP contribution in [0.2, 0.25) is 0 Å². The largest absolute Gasteiger partial charge is 0.277 e. The van der Waals surface area contributed by atoms with E-state index < -0.39 is 9.73 Å². The molecule has 0 radical (unpaired) electrons. The highest BCUT2D eigenvalue weighted by Crippen LogP contribution is 2.19. The Morgan fingerprint density at radius 1 is 1.25 bits per heavy atom. The van der Waals surface area contributed by atoms with Crippen molar-refractivity contribution in [2.24, 2.45) is 11.4 Å². The fraction of sp³-hybridized carbons (Fsp3) is 0.286. The highest BCUT2D eigenvalue weighted by molar-refractivity contribution is 7.98. The van der Waals surface area contributed by atoms with Crippen LogP contribution in [0.25, 0.3) is 16.9 Å². The van der Waals surface area contributed by atoms with Gasteiger partial charge in [0.05, 0.1) is 0 Å². The van der Waals surface area contributed by atoms with E-state index in [4.69, 9.17) is 0 Å². The Morgan fingerprint density at radius 2 is 2.00 bits per heavy atom. The van der Waals surface area contributed by atoms with E-state index >= 15 is 0 Å². The summed E-state index contributed by atoms with van der Waals surface area (Å²) in [5, 5.41) is 0.974. The zero-order chi connectivity index (χ0) is 17.5. The van der Waals surface area contributed by atoms with Gasteiger partial charge < -0.3 is 0 Å². The molecule has 0 amide bonds. The minimum atomic E-state index is -2.33. The van der Waals surface area contributed by atoms with E-state index in [1.54, 1.807) is 42.4 Å². The molecular formula is C14H16N6O2S2. The lowest BCUT2D eigenvalue weighted by atomic mass is 10.4. The number of pyridine rings is 1. The number of fused-ring (bicyclic) bond motifs is 1. The smallest absolute Gasteiger partial charge is 0.267 e. The Balaban J connectivity index is 2.30. The van der Waals surface area contributed by atoms with Gasteiger partial charge in [0, 0.05) is 35.5 Å². The maximum Gasteiger partial charge on any atom is 0.277 e. The number of rotatable bonds is 3. The van der Waals surface area contributed by atoms with Crippen molar-refractivity contribution in [2.75, 3.05) is 18.8 Å². The molecular weight excluding hydrogens is 348 g/mol. The molecule has 3 rings (SSSR count). The average Bonchev–Trinajstić information content (AvgIpc) is 2.77. The second-order valence-electron chi connectivity index (χ2n) is 5.36. The molecule has 0 saturated heterocycles. The van der Waals surface area contributed by atoms with Gasteiger partial charge in [-0.25, -0.2) is 28.5 Å². The molecule has 3 heterocycles. The molecule has 8 nitrogen and oxygen atoms in total. The molecule has 0 atom stereocenters. The molecule has 0 spiro atoms. The van der Waals surface area contributed by atoms with E-state index in [0.717, 1.165) is 0 Å². The third kappa shape index (κ3) is 3.06. The van der Waals surface area contributed by atoms with E-state index in [9.17, 15) is 9.00 Å². The molecule has 0 saturated carbocycles. The number of hydrogen-bond acceptors (Lipinski definition) is 7. The Hall–Kier alpha value is -2.20. The molecule has 0 aliphatic rings. The maximum atomic E-state index is 12.4. The van der Waals surface area contributed by atoms with Crippen LogP contribution >= 0.6 is 11.8 Å². The summed E-state index contributed by atoms with van der Waals surface area (Å²) in [4.78, 5) is 25.4. The summed E-state index contributed by atoms with van der Waals surface area (Å²) < 4.78 is 19.0. The first-order chi connectivity index (χ1) is 11.3. The summed E-state index contributed by atoms with van der Waals surface area (Å²) in [5.74, 6) is 0.816.